The molecule has 0 bridgehead atoms. The second-order valence-corrected chi connectivity index (χ2v) is 7.33. The highest BCUT2D eigenvalue weighted by Crippen LogP contribution is 2.44. The van der Waals surface area contributed by atoms with Gasteiger partial charge in [-0.3, -0.25) is 9.59 Å². The van der Waals surface area contributed by atoms with Gasteiger partial charge in [0, 0.05) is 26.0 Å². The zero-order chi connectivity index (χ0) is 22.4. The van der Waals surface area contributed by atoms with Gasteiger partial charge in [0.25, 0.3) is 0 Å². The molecule has 0 aromatic heterocycles. The molecular weight excluding hydrogens is 400 g/mol. The lowest BCUT2D eigenvalue weighted by atomic mass is 9.98. The quantitative estimate of drug-likeness (QED) is 0.568. The van der Waals surface area contributed by atoms with Crippen LogP contribution in [0.4, 0.5) is 4.79 Å². The molecule has 0 aliphatic heterocycles. The van der Waals surface area contributed by atoms with Crippen LogP contribution in [0.3, 0.4) is 0 Å². The minimum atomic E-state index is -1.14. The Hall–Kier alpha value is -3.39. The molecule has 3 N–H and O–H groups in total. The van der Waals surface area contributed by atoms with Gasteiger partial charge in [-0.25, -0.2) is 4.79 Å². The summed E-state index contributed by atoms with van der Waals surface area (Å²) in [6.45, 7) is 1.70. The molecule has 8 nitrogen and oxygen atoms in total. The van der Waals surface area contributed by atoms with Gasteiger partial charge in [0.05, 0.1) is 0 Å². The molecule has 0 spiro atoms. The number of carbonyl (C=O) groups is 3. The lowest BCUT2D eigenvalue weighted by Crippen LogP contribution is -2.45. The third-order valence-corrected chi connectivity index (χ3v) is 5.33. The highest BCUT2D eigenvalue weighted by Gasteiger charge is 2.29. The molecule has 0 saturated carbocycles. The fourth-order valence-electron chi connectivity index (χ4n) is 3.68. The number of amides is 2. The number of methoxy groups -OCH3 is 1. The Morgan fingerprint density at radius 1 is 1.03 bits per heavy atom. The summed E-state index contributed by atoms with van der Waals surface area (Å²) in [5.74, 6) is -1.72. The van der Waals surface area contributed by atoms with Crippen LogP contribution in [0.5, 0.6) is 0 Å². The van der Waals surface area contributed by atoms with Gasteiger partial charge in [0.2, 0.25) is 5.91 Å². The van der Waals surface area contributed by atoms with E-state index in [2.05, 4.69) is 22.8 Å². The molecule has 0 heterocycles. The zero-order valence-electron chi connectivity index (χ0n) is 17.5. The highest BCUT2D eigenvalue weighted by atomic mass is 16.5. The maximum atomic E-state index is 12.2. The third-order valence-electron chi connectivity index (χ3n) is 5.33. The van der Waals surface area contributed by atoms with Crippen molar-refractivity contribution in [1.82, 2.24) is 10.6 Å². The SMILES string of the molecule is COC(CCNC(=O)OCC1c2ccccc2-c2ccccc21)C(=O)N[C@H](C)C(=O)O. The number of hydrogen-bond acceptors (Lipinski definition) is 5. The molecule has 2 aromatic carbocycles. The smallest absolute Gasteiger partial charge is 0.407 e. The number of nitrogens with one attached hydrogen (secondary N) is 2. The monoisotopic (exact) mass is 426 g/mol. The van der Waals surface area contributed by atoms with Crippen LogP contribution in [-0.2, 0) is 19.1 Å². The van der Waals surface area contributed by atoms with Crippen LogP contribution >= 0.6 is 0 Å². The summed E-state index contributed by atoms with van der Waals surface area (Å²) in [7, 11) is 1.35. The Balaban J connectivity index is 1.50. The lowest BCUT2D eigenvalue weighted by Gasteiger charge is -2.18. The first-order valence-electron chi connectivity index (χ1n) is 10.1. The Morgan fingerprint density at radius 2 is 1.61 bits per heavy atom. The van der Waals surface area contributed by atoms with E-state index in [-0.39, 0.29) is 25.5 Å². The van der Waals surface area contributed by atoms with E-state index >= 15 is 0 Å². The first-order chi connectivity index (χ1) is 14.9. The molecule has 0 fully saturated rings. The highest BCUT2D eigenvalue weighted by molar-refractivity contribution is 5.86. The van der Waals surface area contributed by atoms with E-state index in [1.54, 1.807) is 0 Å². The standard InChI is InChI=1S/C23H26N2O6/c1-14(22(27)28)25-21(26)20(30-2)11-12-24-23(29)31-13-19-17-9-5-3-7-15(17)16-8-4-6-10-18(16)19/h3-10,14,19-20H,11-13H2,1-2H3,(H,24,29)(H,25,26)(H,27,28)/t14-,20?/m1/s1. The molecule has 3 rings (SSSR count). The van der Waals surface area contributed by atoms with Crippen molar-refractivity contribution in [1.29, 1.82) is 0 Å². The van der Waals surface area contributed by atoms with Gasteiger partial charge < -0.3 is 25.2 Å². The number of hydrogen-bond donors (Lipinski definition) is 3. The molecule has 1 aliphatic carbocycles. The van der Waals surface area contributed by atoms with Crippen LogP contribution in [0.2, 0.25) is 0 Å². The van der Waals surface area contributed by atoms with Crippen molar-refractivity contribution in [3.8, 4) is 11.1 Å². The Morgan fingerprint density at radius 3 is 2.16 bits per heavy atom. The Labute approximate surface area is 180 Å². The normalized spacial score (nSPS) is 14.1. The van der Waals surface area contributed by atoms with Crippen LogP contribution < -0.4 is 10.6 Å². The summed E-state index contributed by atoms with van der Waals surface area (Å²) >= 11 is 0. The molecule has 2 amide bonds. The maximum absolute atomic E-state index is 12.2. The van der Waals surface area contributed by atoms with Crippen molar-refractivity contribution in [2.75, 3.05) is 20.3 Å². The van der Waals surface area contributed by atoms with Crippen molar-refractivity contribution in [3.63, 3.8) is 0 Å². The number of fused-ring (bicyclic) bond motifs is 3. The van der Waals surface area contributed by atoms with Gasteiger partial charge in [0.1, 0.15) is 18.8 Å². The molecule has 0 radical (unpaired) electrons. The topological polar surface area (TPSA) is 114 Å². The van der Waals surface area contributed by atoms with Gasteiger partial charge in [-0.05, 0) is 29.2 Å². The summed E-state index contributed by atoms with van der Waals surface area (Å²) in [5, 5.41) is 13.8. The van der Waals surface area contributed by atoms with E-state index in [9.17, 15) is 14.4 Å². The molecule has 1 aliphatic rings. The van der Waals surface area contributed by atoms with E-state index in [0.29, 0.717) is 0 Å². The number of carboxylic acid groups (broad SMARTS) is 1. The Bertz CT molecular complexity index is 915. The van der Waals surface area contributed by atoms with Gasteiger partial charge in [0.15, 0.2) is 0 Å². The minimum absolute atomic E-state index is 0.0341. The maximum Gasteiger partial charge on any atom is 0.407 e. The number of rotatable bonds is 9. The van der Waals surface area contributed by atoms with Crippen molar-refractivity contribution in [2.24, 2.45) is 0 Å². The number of aliphatic carboxylic acids is 1. The molecule has 0 saturated heterocycles. The number of benzene rings is 2. The molecule has 31 heavy (non-hydrogen) atoms. The summed E-state index contributed by atoms with van der Waals surface area (Å²) in [6.07, 6.45) is -1.29. The Kier molecular flexibility index (Phi) is 7.25. The van der Waals surface area contributed by atoms with Crippen LogP contribution in [0.15, 0.2) is 48.5 Å². The van der Waals surface area contributed by atoms with Gasteiger partial charge in [-0.1, -0.05) is 48.5 Å². The minimum Gasteiger partial charge on any atom is -0.480 e. The second kappa shape index (κ2) is 10.1. The van der Waals surface area contributed by atoms with Crippen LogP contribution in [0, 0.1) is 0 Å². The molecule has 2 atom stereocenters. The third kappa shape index (κ3) is 5.21. The van der Waals surface area contributed by atoms with Crippen LogP contribution in [0.25, 0.3) is 11.1 Å². The van der Waals surface area contributed by atoms with E-state index in [1.165, 1.54) is 14.0 Å². The first kappa shape index (κ1) is 22.3. The molecule has 2 aromatic rings. The second-order valence-electron chi connectivity index (χ2n) is 7.33. The molecule has 164 valence electrons. The number of alkyl carbamates (subject to hydrolysis) is 1. The number of carboxylic acids is 1. The lowest BCUT2D eigenvalue weighted by molar-refractivity contribution is -0.143. The fourth-order valence-corrected chi connectivity index (χ4v) is 3.68. The predicted molar refractivity (Wildman–Crippen MR) is 114 cm³/mol. The van der Waals surface area contributed by atoms with E-state index < -0.39 is 30.1 Å². The average Bonchev–Trinajstić information content (AvgIpc) is 3.09. The average molecular weight is 426 g/mol. The summed E-state index contributed by atoms with van der Waals surface area (Å²) in [4.78, 5) is 35.1. The fraction of sp³-hybridized carbons (Fsp3) is 0.348. The van der Waals surface area contributed by atoms with Gasteiger partial charge in [-0.2, -0.15) is 0 Å². The van der Waals surface area contributed by atoms with Crippen LogP contribution in [-0.4, -0.2) is 55.5 Å². The summed E-state index contributed by atoms with van der Waals surface area (Å²) in [5.41, 5.74) is 4.55. The summed E-state index contributed by atoms with van der Waals surface area (Å²) in [6, 6.07) is 15.1. The first-order valence-corrected chi connectivity index (χ1v) is 10.1. The van der Waals surface area contributed by atoms with E-state index in [4.69, 9.17) is 14.6 Å². The summed E-state index contributed by atoms with van der Waals surface area (Å²) < 4.78 is 10.5. The van der Waals surface area contributed by atoms with E-state index in [0.717, 1.165) is 22.3 Å². The van der Waals surface area contributed by atoms with Gasteiger partial charge in [-0.15, -0.1) is 0 Å². The van der Waals surface area contributed by atoms with Crippen molar-refractivity contribution in [2.45, 2.75) is 31.4 Å². The molecule has 8 heteroatoms. The molecule has 1 unspecified atom stereocenters. The largest absolute Gasteiger partial charge is 0.480 e. The number of ether oxygens (including phenoxy) is 2. The van der Waals surface area contributed by atoms with E-state index in [1.807, 2.05) is 36.4 Å². The van der Waals surface area contributed by atoms with Crippen LogP contribution in [0.1, 0.15) is 30.4 Å². The predicted octanol–water partition coefficient (Wildman–Crippen LogP) is 2.52. The zero-order valence-corrected chi connectivity index (χ0v) is 17.5. The number of carbonyl (C=O) groups excluding carboxylic acids is 2. The van der Waals surface area contributed by atoms with Crippen molar-refractivity contribution >= 4 is 18.0 Å². The van der Waals surface area contributed by atoms with Crippen molar-refractivity contribution in [3.05, 3.63) is 59.7 Å². The molecular formula is C23H26N2O6. The van der Waals surface area contributed by atoms with Gasteiger partial charge >= 0.3 is 12.1 Å². The van der Waals surface area contributed by atoms with Crippen molar-refractivity contribution < 1.29 is 29.0 Å².